The number of nitrogens with two attached hydrogens (primary N) is 1. The monoisotopic (exact) mass is 280 g/mol. The van der Waals surface area contributed by atoms with Gasteiger partial charge in [-0.15, -0.1) is 0 Å². The van der Waals surface area contributed by atoms with Crippen molar-refractivity contribution in [2.45, 2.75) is 32.9 Å². The molecule has 0 heterocycles. The summed E-state index contributed by atoms with van der Waals surface area (Å²) in [6.07, 6.45) is 1.01. The average Bonchev–Trinajstić information content (AvgIpc) is 2.48. The van der Waals surface area contributed by atoms with E-state index in [-0.39, 0.29) is 0 Å². The molecule has 1 aromatic carbocycles. The predicted molar refractivity (Wildman–Crippen MR) is 83.0 cm³/mol. The third kappa shape index (κ3) is 5.90. The summed E-state index contributed by atoms with van der Waals surface area (Å²) in [4.78, 5) is 2.41. The highest BCUT2D eigenvalue weighted by atomic mass is 16.5. The lowest BCUT2D eigenvalue weighted by Gasteiger charge is -2.27. The summed E-state index contributed by atoms with van der Waals surface area (Å²) in [5.74, 6) is 0.912. The van der Waals surface area contributed by atoms with E-state index in [2.05, 4.69) is 18.7 Å². The van der Waals surface area contributed by atoms with E-state index >= 15 is 0 Å². The molecule has 0 spiro atoms. The molecule has 0 aliphatic rings. The zero-order valence-electron chi connectivity index (χ0n) is 13.0. The summed E-state index contributed by atoms with van der Waals surface area (Å²) in [6.45, 7) is 8.52. The van der Waals surface area contributed by atoms with Crippen molar-refractivity contribution >= 4 is 0 Å². The number of methoxy groups -OCH3 is 1. The van der Waals surface area contributed by atoms with Crippen molar-refractivity contribution in [3.8, 4) is 5.75 Å². The van der Waals surface area contributed by atoms with Crippen LogP contribution in [0.25, 0.3) is 0 Å². The minimum atomic E-state index is 0.453. The minimum absolute atomic E-state index is 0.453. The molecule has 0 saturated carbocycles. The van der Waals surface area contributed by atoms with E-state index in [0.29, 0.717) is 12.6 Å². The summed E-state index contributed by atoms with van der Waals surface area (Å²) in [5.41, 5.74) is 6.69. The standard InChI is InChI=1S/C16H28N2O2/c1-4-18(14(2)13-19-3)10-5-11-20-16-8-6-15(12-17)7-9-16/h6-9,14H,4-5,10-13,17H2,1-3H3. The molecular weight excluding hydrogens is 252 g/mol. The van der Waals surface area contributed by atoms with Gasteiger partial charge in [0.25, 0.3) is 0 Å². The van der Waals surface area contributed by atoms with Crippen LogP contribution in [0.1, 0.15) is 25.8 Å². The first-order valence-electron chi connectivity index (χ1n) is 7.36. The highest BCUT2D eigenvalue weighted by molar-refractivity contribution is 5.26. The maximum atomic E-state index is 5.74. The first kappa shape index (κ1) is 17.0. The summed E-state index contributed by atoms with van der Waals surface area (Å²) < 4.78 is 10.9. The molecule has 1 rings (SSSR count). The molecule has 0 radical (unpaired) electrons. The lowest BCUT2D eigenvalue weighted by atomic mass is 10.2. The second-order valence-corrected chi connectivity index (χ2v) is 4.98. The number of hydrogen-bond acceptors (Lipinski definition) is 4. The van der Waals surface area contributed by atoms with Crippen LogP contribution >= 0.6 is 0 Å². The van der Waals surface area contributed by atoms with Crippen LogP contribution in [-0.2, 0) is 11.3 Å². The van der Waals surface area contributed by atoms with Crippen molar-refractivity contribution in [1.29, 1.82) is 0 Å². The molecule has 0 aromatic heterocycles. The quantitative estimate of drug-likeness (QED) is 0.668. The molecule has 20 heavy (non-hydrogen) atoms. The van der Waals surface area contributed by atoms with Gasteiger partial charge in [-0.2, -0.15) is 0 Å². The van der Waals surface area contributed by atoms with Gasteiger partial charge in [0.2, 0.25) is 0 Å². The fourth-order valence-corrected chi connectivity index (χ4v) is 2.22. The first-order valence-corrected chi connectivity index (χ1v) is 7.36. The molecule has 114 valence electrons. The van der Waals surface area contributed by atoms with Gasteiger partial charge in [-0.3, -0.25) is 4.90 Å². The van der Waals surface area contributed by atoms with Gasteiger partial charge in [-0.1, -0.05) is 19.1 Å². The molecule has 4 nitrogen and oxygen atoms in total. The van der Waals surface area contributed by atoms with Gasteiger partial charge in [0.1, 0.15) is 5.75 Å². The molecule has 0 saturated heterocycles. The summed E-state index contributed by atoms with van der Waals surface area (Å²) >= 11 is 0. The fourth-order valence-electron chi connectivity index (χ4n) is 2.22. The SMILES string of the molecule is CCN(CCCOc1ccc(CN)cc1)C(C)COC. The van der Waals surface area contributed by atoms with Crippen molar-refractivity contribution in [3.05, 3.63) is 29.8 Å². The Kier molecular flexibility index (Phi) is 8.26. The number of nitrogens with zero attached hydrogens (tertiary/aromatic N) is 1. The molecule has 1 atom stereocenters. The second-order valence-electron chi connectivity index (χ2n) is 4.98. The summed E-state index contributed by atoms with van der Waals surface area (Å²) in [5, 5.41) is 0. The van der Waals surface area contributed by atoms with Crippen LogP contribution in [0.2, 0.25) is 0 Å². The Morgan fingerprint density at radius 3 is 2.50 bits per heavy atom. The number of ether oxygens (including phenoxy) is 2. The van der Waals surface area contributed by atoms with Gasteiger partial charge in [0.15, 0.2) is 0 Å². The van der Waals surface area contributed by atoms with Crippen molar-refractivity contribution in [2.75, 3.05) is 33.4 Å². The number of likely N-dealkylation sites (N-methyl/N-ethyl adjacent to an activating group) is 1. The Morgan fingerprint density at radius 2 is 1.95 bits per heavy atom. The Balaban J connectivity index is 2.25. The maximum absolute atomic E-state index is 5.74. The normalized spacial score (nSPS) is 12.7. The van der Waals surface area contributed by atoms with E-state index in [1.165, 1.54) is 0 Å². The van der Waals surface area contributed by atoms with Gasteiger partial charge in [0, 0.05) is 26.2 Å². The largest absolute Gasteiger partial charge is 0.494 e. The second kappa shape index (κ2) is 9.75. The van der Waals surface area contributed by atoms with Crippen LogP contribution in [0, 0.1) is 0 Å². The van der Waals surface area contributed by atoms with Crippen molar-refractivity contribution in [1.82, 2.24) is 4.90 Å². The van der Waals surface area contributed by atoms with E-state index < -0.39 is 0 Å². The minimum Gasteiger partial charge on any atom is -0.494 e. The van der Waals surface area contributed by atoms with Gasteiger partial charge in [-0.05, 0) is 37.6 Å². The molecular formula is C16H28N2O2. The summed E-state index contributed by atoms with van der Waals surface area (Å²) in [7, 11) is 1.75. The molecule has 4 heteroatoms. The number of hydrogen-bond donors (Lipinski definition) is 1. The Labute approximate surface area is 122 Å². The lowest BCUT2D eigenvalue weighted by molar-refractivity contribution is 0.0985. The Bertz CT molecular complexity index is 354. The molecule has 1 aromatic rings. The first-order chi connectivity index (χ1) is 9.71. The maximum Gasteiger partial charge on any atom is 0.119 e. The van der Waals surface area contributed by atoms with Crippen molar-refractivity contribution in [2.24, 2.45) is 5.73 Å². The third-order valence-corrected chi connectivity index (χ3v) is 3.45. The van der Waals surface area contributed by atoms with Crippen LogP contribution in [0.5, 0.6) is 5.75 Å². The molecule has 2 N–H and O–H groups in total. The van der Waals surface area contributed by atoms with E-state index in [1.807, 2.05) is 24.3 Å². The van der Waals surface area contributed by atoms with Crippen molar-refractivity contribution < 1.29 is 9.47 Å². The van der Waals surface area contributed by atoms with Crippen LogP contribution < -0.4 is 10.5 Å². The van der Waals surface area contributed by atoms with Crippen LogP contribution in [-0.4, -0.2) is 44.4 Å². The third-order valence-electron chi connectivity index (χ3n) is 3.45. The lowest BCUT2D eigenvalue weighted by Crippen LogP contribution is -2.37. The molecule has 0 bridgehead atoms. The molecule has 0 amide bonds. The highest BCUT2D eigenvalue weighted by Crippen LogP contribution is 2.12. The van der Waals surface area contributed by atoms with E-state index in [9.17, 15) is 0 Å². The molecule has 1 unspecified atom stereocenters. The van der Waals surface area contributed by atoms with Crippen LogP contribution in [0.4, 0.5) is 0 Å². The predicted octanol–water partition coefficient (Wildman–Crippen LogP) is 2.27. The Hall–Kier alpha value is -1.10. The van der Waals surface area contributed by atoms with Gasteiger partial charge in [0.05, 0.1) is 13.2 Å². The average molecular weight is 280 g/mol. The van der Waals surface area contributed by atoms with Gasteiger partial charge >= 0.3 is 0 Å². The zero-order chi connectivity index (χ0) is 14.8. The van der Waals surface area contributed by atoms with Gasteiger partial charge in [-0.25, -0.2) is 0 Å². The van der Waals surface area contributed by atoms with Crippen LogP contribution in [0.15, 0.2) is 24.3 Å². The number of benzene rings is 1. The molecule has 0 aliphatic heterocycles. The van der Waals surface area contributed by atoms with Gasteiger partial charge < -0.3 is 15.2 Å². The molecule has 0 aliphatic carbocycles. The topological polar surface area (TPSA) is 47.7 Å². The number of rotatable bonds is 10. The Morgan fingerprint density at radius 1 is 1.25 bits per heavy atom. The smallest absolute Gasteiger partial charge is 0.119 e. The fraction of sp³-hybridized carbons (Fsp3) is 0.625. The van der Waals surface area contributed by atoms with E-state index in [1.54, 1.807) is 7.11 Å². The van der Waals surface area contributed by atoms with Crippen LogP contribution in [0.3, 0.4) is 0 Å². The molecule has 0 fully saturated rings. The summed E-state index contributed by atoms with van der Waals surface area (Å²) in [6, 6.07) is 8.43. The van der Waals surface area contributed by atoms with E-state index in [4.69, 9.17) is 15.2 Å². The zero-order valence-corrected chi connectivity index (χ0v) is 13.0. The van der Waals surface area contributed by atoms with E-state index in [0.717, 1.165) is 44.0 Å². The highest BCUT2D eigenvalue weighted by Gasteiger charge is 2.10. The van der Waals surface area contributed by atoms with Crippen molar-refractivity contribution in [3.63, 3.8) is 0 Å².